The Morgan fingerprint density at radius 3 is 2.40 bits per heavy atom. The fourth-order valence-corrected chi connectivity index (χ4v) is 3.11. The van der Waals surface area contributed by atoms with E-state index in [1.54, 1.807) is 29.2 Å². The molecule has 20 heavy (non-hydrogen) atoms. The van der Waals surface area contributed by atoms with Crippen molar-refractivity contribution in [1.82, 2.24) is 9.62 Å². The molecule has 6 heteroatoms. The molecule has 0 atom stereocenters. The first-order valence-corrected chi connectivity index (χ1v) is 8.22. The van der Waals surface area contributed by atoms with Gasteiger partial charge in [-0.05, 0) is 31.9 Å². The summed E-state index contributed by atoms with van der Waals surface area (Å²) in [6.45, 7) is 4.09. The van der Waals surface area contributed by atoms with E-state index in [-0.39, 0.29) is 17.3 Å². The fraction of sp³-hybridized carbons (Fsp3) is 0.500. The van der Waals surface area contributed by atoms with Gasteiger partial charge in [0.1, 0.15) is 0 Å². The first kappa shape index (κ1) is 15.0. The predicted molar refractivity (Wildman–Crippen MR) is 76.8 cm³/mol. The Morgan fingerprint density at radius 1 is 1.30 bits per heavy atom. The zero-order valence-electron chi connectivity index (χ0n) is 11.8. The van der Waals surface area contributed by atoms with Crippen LogP contribution >= 0.6 is 0 Å². The van der Waals surface area contributed by atoms with Crippen LogP contribution in [0.15, 0.2) is 29.2 Å². The van der Waals surface area contributed by atoms with Crippen LogP contribution in [0.1, 0.15) is 25.3 Å². The molecule has 0 heterocycles. The molecule has 0 aliphatic heterocycles. The summed E-state index contributed by atoms with van der Waals surface area (Å²) in [6.07, 6.45) is 2.04. The molecule has 5 nitrogen and oxygen atoms in total. The smallest absolute Gasteiger partial charge is 0.240 e. The summed E-state index contributed by atoms with van der Waals surface area (Å²) in [7, 11) is -3.49. The molecule has 0 unspecified atom stereocenters. The topological polar surface area (TPSA) is 66.5 Å². The third-order valence-electron chi connectivity index (χ3n) is 3.37. The predicted octanol–water partition coefficient (Wildman–Crippen LogP) is 1.28. The van der Waals surface area contributed by atoms with Crippen LogP contribution in [0, 0.1) is 6.92 Å². The van der Waals surface area contributed by atoms with E-state index >= 15 is 0 Å². The van der Waals surface area contributed by atoms with Gasteiger partial charge in [-0.25, -0.2) is 13.1 Å². The Kier molecular flexibility index (Phi) is 4.45. The molecule has 0 aromatic heterocycles. The second-order valence-electron chi connectivity index (χ2n) is 5.15. The van der Waals surface area contributed by atoms with Crippen molar-refractivity contribution in [1.29, 1.82) is 0 Å². The number of amides is 1. The number of sulfonamides is 1. The molecule has 1 aromatic carbocycles. The summed E-state index contributed by atoms with van der Waals surface area (Å²) < 4.78 is 26.7. The van der Waals surface area contributed by atoms with Gasteiger partial charge in [-0.15, -0.1) is 0 Å². The van der Waals surface area contributed by atoms with E-state index in [4.69, 9.17) is 0 Å². The van der Waals surface area contributed by atoms with Gasteiger partial charge in [-0.2, -0.15) is 0 Å². The summed E-state index contributed by atoms with van der Waals surface area (Å²) in [4.78, 5) is 13.4. The average Bonchev–Trinajstić information content (AvgIpc) is 3.19. The molecule has 1 N–H and O–H groups in total. The molecule has 1 saturated carbocycles. The van der Waals surface area contributed by atoms with E-state index in [1.165, 1.54) is 6.92 Å². The molecule has 1 aliphatic rings. The maximum atomic E-state index is 12.1. The van der Waals surface area contributed by atoms with Crippen molar-refractivity contribution in [3.05, 3.63) is 29.8 Å². The number of nitrogens with one attached hydrogen (secondary N) is 1. The minimum Gasteiger partial charge on any atom is -0.339 e. The summed E-state index contributed by atoms with van der Waals surface area (Å²) in [5.41, 5.74) is 1.01. The number of aryl methyl sites for hydroxylation is 1. The van der Waals surface area contributed by atoms with Gasteiger partial charge in [0.05, 0.1) is 4.90 Å². The maximum absolute atomic E-state index is 12.1. The van der Waals surface area contributed by atoms with Crippen molar-refractivity contribution in [3.63, 3.8) is 0 Å². The molecule has 1 fully saturated rings. The van der Waals surface area contributed by atoms with Gasteiger partial charge in [0, 0.05) is 26.1 Å². The van der Waals surface area contributed by atoms with Gasteiger partial charge in [-0.3, -0.25) is 4.79 Å². The van der Waals surface area contributed by atoms with Crippen LogP contribution in [0.3, 0.4) is 0 Å². The largest absolute Gasteiger partial charge is 0.339 e. The highest BCUT2D eigenvalue weighted by molar-refractivity contribution is 7.89. The van der Waals surface area contributed by atoms with E-state index in [2.05, 4.69) is 4.72 Å². The second-order valence-corrected chi connectivity index (χ2v) is 6.92. The number of hydrogen-bond acceptors (Lipinski definition) is 3. The first-order valence-electron chi connectivity index (χ1n) is 6.74. The van der Waals surface area contributed by atoms with Crippen LogP contribution in [0.4, 0.5) is 0 Å². The third kappa shape index (κ3) is 3.80. The Balaban J connectivity index is 1.92. The van der Waals surface area contributed by atoms with Crippen LogP contribution in [0.5, 0.6) is 0 Å². The molecule has 0 spiro atoms. The molecule has 110 valence electrons. The lowest BCUT2D eigenvalue weighted by atomic mass is 10.2. The van der Waals surface area contributed by atoms with Crippen LogP contribution < -0.4 is 4.72 Å². The van der Waals surface area contributed by atoms with Crippen molar-refractivity contribution >= 4 is 15.9 Å². The van der Waals surface area contributed by atoms with Crippen LogP contribution in [-0.4, -0.2) is 38.4 Å². The number of hydrogen-bond donors (Lipinski definition) is 1. The van der Waals surface area contributed by atoms with Crippen molar-refractivity contribution in [2.75, 3.05) is 13.1 Å². The molecule has 2 rings (SSSR count). The SMILES string of the molecule is CC(=O)N(CCNS(=O)(=O)c1ccc(C)cc1)C1CC1. The van der Waals surface area contributed by atoms with Gasteiger partial charge in [0.2, 0.25) is 15.9 Å². The minimum absolute atomic E-state index is 0.00188. The van der Waals surface area contributed by atoms with E-state index in [0.717, 1.165) is 18.4 Å². The fourth-order valence-electron chi connectivity index (χ4n) is 2.08. The number of carbonyl (C=O) groups is 1. The van der Waals surface area contributed by atoms with Crippen LogP contribution in [0.25, 0.3) is 0 Å². The number of benzene rings is 1. The highest BCUT2D eigenvalue weighted by atomic mass is 32.2. The van der Waals surface area contributed by atoms with E-state index in [0.29, 0.717) is 12.6 Å². The molecule has 0 saturated heterocycles. The lowest BCUT2D eigenvalue weighted by molar-refractivity contribution is -0.129. The number of carbonyl (C=O) groups excluding carboxylic acids is 1. The highest BCUT2D eigenvalue weighted by Crippen LogP contribution is 2.26. The summed E-state index contributed by atoms with van der Waals surface area (Å²) in [5.74, 6) is 0.00188. The lowest BCUT2D eigenvalue weighted by Gasteiger charge is -2.20. The molecular formula is C14H20N2O3S. The monoisotopic (exact) mass is 296 g/mol. The Bertz CT molecular complexity index is 577. The lowest BCUT2D eigenvalue weighted by Crippen LogP contribution is -2.38. The highest BCUT2D eigenvalue weighted by Gasteiger charge is 2.30. The number of nitrogens with zero attached hydrogens (tertiary/aromatic N) is 1. The Labute approximate surface area is 120 Å². The van der Waals surface area contributed by atoms with E-state index in [9.17, 15) is 13.2 Å². The molecule has 1 aromatic rings. The maximum Gasteiger partial charge on any atom is 0.240 e. The molecule has 0 bridgehead atoms. The van der Waals surface area contributed by atoms with Crippen molar-refractivity contribution in [2.24, 2.45) is 0 Å². The van der Waals surface area contributed by atoms with Crippen molar-refractivity contribution < 1.29 is 13.2 Å². The minimum atomic E-state index is -3.49. The van der Waals surface area contributed by atoms with Crippen molar-refractivity contribution in [3.8, 4) is 0 Å². The quantitative estimate of drug-likeness (QED) is 0.860. The van der Waals surface area contributed by atoms with Crippen LogP contribution in [-0.2, 0) is 14.8 Å². The van der Waals surface area contributed by atoms with Gasteiger partial charge in [0.15, 0.2) is 0 Å². The Hall–Kier alpha value is -1.40. The summed E-state index contributed by atoms with van der Waals surface area (Å²) >= 11 is 0. The van der Waals surface area contributed by atoms with Crippen molar-refractivity contribution in [2.45, 2.75) is 37.6 Å². The van der Waals surface area contributed by atoms with Gasteiger partial charge in [0.25, 0.3) is 0 Å². The van der Waals surface area contributed by atoms with Crippen LogP contribution in [0.2, 0.25) is 0 Å². The Morgan fingerprint density at radius 2 is 1.90 bits per heavy atom. The summed E-state index contributed by atoms with van der Waals surface area (Å²) in [5, 5.41) is 0. The molecular weight excluding hydrogens is 276 g/mol. The zero-order valence-corrected chi connectivity index (χ0v) is 12.6. The van der Waals surface area contributed by atoms with Gasteiger partial charge in [-0.1, -0.05) is 17.7 Å². The average molecular weight is 296 g/mol. The zero-order chi connectivity index (χ0) is 14.8. The summed E-state index contributed by atoms with van der Waals surface area (Å²) in [6, 6.07) is 7.00. The second kappa shape index (κ2) is 5.93. The van der Waals surface area contributed by atoms with Gasteiger partial charge < -0.3 is 4.90 Å². The third-order valence-corrected chi connectivity index (χ3v) is 4.85. The molecule has 1 amide bonds. The van der Waals surface area contributed by atoms with E-state index in [1.807, 2.05) is 6.92 Å². The standard InChI is InChI=1S/C14H20N2O3S/c1-11-3-7-14(8-4-11)20(18,19)15-9-10-16(12(2)17)13-5-6-13/h3-4,7-8,13,15H,5-6,9-10H2,1-2H3. The first-order chi connectivity index (χ1) is 9.40. The number of rotatable bonds is 6. The normalized spacial score (nSPS) is 15.1. The van der Waals surface area contributed by atoms with E-state index < -0.39 is 10.0 Å². The molecule has 1 aliphatic carbocycles. The molecule has 0 radical (unpaired) electrons. The van der Waals surface area contributed by atoms with Gasteiger partial charge >= 0.3 is 0 Å².